The first kappa shape index (κ1) is 20.1. The van der Waals surface area contributed by atoms with Gasteiger partial charge in [-0.1, -0.05) is 46.6 Å². The fourth-order valence-corrected chi connectivity index (χ4v) is 3.63. The Balaban J connectivity index is 4.10. The molecule has 24 heavy (non-hydrogen) atoms. The largest absolute Gasteiger partial charge is 0.284 e. The van der Waals surface area contributed by atoms with Gasteiger partial charge in [0.1, 0.15) is 10.8 Å². The first-order valence-electron chi connectivity index (χ1n) is 8.36. The number of imide groups is 1. The number of likely N-dealkylation sites (tertiary alicyclic amines) is 1. The van der Waals surface area contributed by atoms with Crippen LogP contribution in [0.4, 0.5) is 0 Å². The summed E-state index contributed by atoms with van der Waals surface area (Å²) in [5, 5.41) is 0. The molecule has 0 saturated carbocycles. The Bertz CT molecular complexity index is 564. The van der Waals surface area contributed by atoms with Crippen molar-refractivity contribution in [2.45, 2.75) is 55.4 Å². The van der Waals surface area contributed by atoms with E-state index < -0.39 is 10.8 Å². The van der Waals surface area contributed by atoms with Crippen LogP contribution in [0.2, 0.25) is 0 Å². The van der Waals surface area contributed by atoms with Crippen molar-refractivity contribution < 1.29 is 9.59 Å². The van der Waals surface area contributed by atoms with E-state index in [4.69, 9.17) is 0 Å². The van der Waals surface area contributed by atoms with Crippen molar-refractivity contribution in [3.63, 3.8) is 0 Å². The predicted octanol–water partition coefficient (Wildman–Crippen LogP) is 4.82. The van der Waals surface area contributed by atoms with Crippen LogP contribution in [-0.2, 0) is 9.59 Å². The molecule has 1 fully saturated rings. The highest BCUT2D eigenvalue weighted by molar-refractivity contribution is 6.14. The molecular weight excluding hydrogens is 298 g/mol. The first-order valence-corrected chi connectivity index (χ1v) is 8.36. The molecule has 0 bridgehead atoms. The predicted molar refractivity (Wildman–Crippen MR) is 100 cm³/mol. The van der Waals surface area contributed by atoms with Gasteiger partial charge in [0.25, 0.3) is 0 Å². The molecule has 1 heterocycles. The van der Waals surface area contributed by atoms with E-state index in [-0.39, 0.29) is 11.8 Å². The Morgan fingerprint density at radius 3 is 1.00 bits per heavy atom. The minimum absolute atomic E-state index is 0.176. The average molecular weight is 329 g/mol. The van der Waals surface area contributed by atoms with E-state index in [1.54, 1.807) is 7.05 Å². The maximum absolute atomic E-state index is 13.2. The molecule has 0 aromatic heterocycles. The van der Waals surface area contributed by atoms with Crippen molar-refractivity contribution in [3.8, 4) is 0 Å². The third-order valence-electron chi connectivity index (χ3n) is 4.07. The molecule has 2 amide bonds. The smallest absolute Gasteiger partial charge is 0.244 e. The lowest BCUT2D eigenvalue weighted by Crippen LogP contribution is -2.40. The van der Waals surface area contributed by atoms with E-state index in [2.05, 4.69) is 0 Å². The minimum atomic E-state index is -1.02. The third-order valence-corrected chi connectivity index (χ3v) is 4.07. The van der Waals surface area contributed by atoms with E-state index in [9.17, 15) is 9.59 Å². The van der Waals surface area contributed by atoms with Gasteiger partial charge in [0.05, 0.1) is 0 Å². The number of rotatable bonds is 4. The van der Waals surface area contributed by atoms with E-state index in [0.29, 0.717) is 0 Å². The second-order valence-corrected chi connectivity index (χ2v) is 7.79. The summed E-state index contributed by atoms with van der Waals surface area (Å²) in [5.74, 6) is -0.352. The van der Waals surface area contributed by atoms with Gasteiger partial charge in [-0.15, -0.1) is 0 Å². The van der Waals surface area contributed by atoms with Crippen LogP contribution in [0.15, 0.2) is 46.6 Å². The summed E-state index contributed by atoms with van der Waals surface area (Å²) in [6.07, 6.45) is 7.79. The van der Waals surface area contributed by atoms with Crippen LogP contribution in [0, 0.1) is 10.8 Å². The molecule has 3 heteroatoms. The molecule has 1 aliphatic rings. The Hall–Kier alpha value is -1.90. The topological polar surface area (TPSA) is 37.4 Å². The summed E-state index contributed by atoms with van der Waals surface area (Å²) in [6, 6.07) is 0. The normalized spacial score (nSPS) is 18.1. The van der Waals surface area contributed by atoms with Gasteiger partial charge < -0.3 is 0 Å². The van der Waals surface area contributed by atoms with Gasteiger partial charge in [0.15, 0.2) is 0 Å². The average Bonchev–Trinajstić information content (AvgIpc) is 2.51. The number of carbonyl (C=O) groups is 2. The molecule has 3 nitrogen and oxygen atoms in total. The van der Waals surface area contributed by atoms with Gasteiger partial charge in [-0.2, -0.15) is 0 Å². The van der Waals surface area contributed by atoms with Crippen LogP contribution in [0.1, 0.15) is 55.4 Å². The monoisotopic (exact) mass is 329 g/mol. The molecule has 1 saturated heterocycles. The molecule has 1 aliphatic heterocycles. The highest BCUT2D eigenvalue weighted by atomic mass is 16.2. The van der Waals surface area contributed by atoms with Crippen LogP contribution in [0.25, 0.3) is 0 Å². The maximum Gasteiger partial charge on any atom is 0.244 e. The van der Waals surface area contributed by atoms with E-state index >= 15 is 0 Å². The van der Waals surface area contributed by atoms with E-state index in [1.807, 2.05) is 79.7 Å². The lowest BCUT2D eigenvalue weighted by molar-refractivity contribution is -0.138. The Morgan fingerprint density at radius 1 is 0.625 bits per heavy atom. The molecule has 1 rings (SSSR count). The second-order valence-electron chi connectivity index (χ2n) is 7.79. The number of hydrogen-bond acceptors (Lipinski definition) is 2. The highest BCUT2D eigenvalue weighted by Crippen LogP contribution is 2.54. The van der Waals surface area contributed by atoms with Crippen LogP contribution in [0.3, 0.4) is 0 Å². The molecule has 0 spiro atoms. The molecule has 0 radical (unpaired) electrons. The van der Waals surface area contributed by atoms with Crippen molar-refractivity contribution >= 4 is 11.8 Å². The van der Waals surface area contributed by atoms with Crippen LogP contribution >= 0.6 is 0 Å². The Morgan fingerprint density at radius 2 is 0.833 bits per heavy atom. The van der Waals surface area contributed by atoms with Gasteiger partial charge in [0.2, 0.25) is 11.8 Å². The van der Waals surface area contributed by atoms with Crippen molar-refractivity contribution in [1.82, 2.24) is 4.90 Å². The molecule has 0 N–H and O–H groups in total. The van der Waals surface area contributed by atoms with Gasteiger partial charge in [0, 0.05) is 7.05 Å². The lowest BCUT2D eigenvalue weighted by Gasteiger charge is -2.35. The summed E-state index contributed by atoms with van der Waals surface area (Å²) in [7, 11) is 1.58. The Labute approximate surface area is 146 Å². The van der Waals surface area contributed by atoms with Crippen molar-refractivity contribution in [1.29, 1.82) is 0 Å². The summed E-state index contributed by atoms with van der Waals surface area (Å²) in [5.41, 5.74) is 2.00. The minimum Gasteiger partial charge on any atom is -0.284 e. The van der Waals surface area contributed by atoms with E-state index in [0.717, 1.165) is 22.3 Å². The quantitative estimate of drug-likeness (QED) is 0.547. The van der Waals surface area contributed by atoms with Crippen molar-refractivity contribution in [2.75, 3.05) is 7.05 Å². The maximum atomic E-state index is 13.2. The van der Waals surface area contributed by atoms with Crippen LogP contribution in [-0.4, -0.2) is 23.8 Å². The van der Waals surface area contributed by atoms with Gasteiger partial charge >= 0.3 is 0 Å². The summed E-state index contributed by atoms with van der Waals surface area (Å²) >= 11 is 0. The zero-order valence-electron chi connectivity index (χ0n) is 16.6. The van der Waals surface area contributed by atoms with Crippen molar-refractivity contribution in [2.24, 2.45) is 10.8 Å². The highest BCUT2D eigenvalue weighted by Gasteiger charge is 2.64. The van der Waals surface area contributed by atoms with Gasteiger partial charge in [-0.25, -0.2) is 0 Å². The molecule has 132 valence electrons. The van der Waals surface area contributed by atoms with Crippen LogP contribution in [0.5, 0.6) is 0 Å². The fourth-order valence-electron chi connectivity index (χ4n) is 3.63. The summed E-state index contributed by atoms with van der Waals surface area (Å²) in [4.78, 5) is 27.8. The SMILES string of the molecule is CC(C)=CC1(C=C(C)C)C(=O)N(C)C(=O)C1(C=C(C)C)C=C(C)C. The molecule has 0 aliphatic carbocycles. The summed E-state index contributed by atoms with van der Waals surface area (Å²) in [6.45, 7) is 15.7. The van der Waals surface area contributed by atoms with Gasteiger partial charge in [-0.05, 0) is 55.4 Å². The number of hydrogen-bond donors (Lipinski definition) is 0. The Kier molecular flexibility index (Phi) is 5.81. The number of nitrogens with zero attached hydrogens (tertiary/aromatic N) is 1. The van der Waals surface area contributed by atoms with E-state index in [1.165, 1.54) is 4.90 Å². The zero-order chi connectivity index (χ0) is 18.9. The second kappa shape index (κ2) is 6.92. The molecule has 0 aromatic carbocycles. The number of allylic oxidation sites excluding steroid dienone is 4. The standard InChI is InChI=1S/C21H31NO2/c1-14(2)10-20(11-15(3)4)18(23)22(9)19(24)21(20,12-16(5)6)13-17(7)8/h10-13H,1-9H3. The summed E-state index contributed by atoms with van der Waals surface area (Å²) < 4.78 is 0. The third kappa shape index (κ3) is 3.31. The fraction of sp³-hybridized carbons (Fsp3) is 0.524. The van der Waals surface area contributed by atoms with Crippen molar-refractivity contribution in [3.05, 3.63) is 46.6 Å². The number of carbonyl (C=O) groups excluding carboxylic acids is 2. The molecule has 0 unspecified atom stereocenters. The zero-order valence-corrected chi connectivity index (χ0v) is 16.6. The number of amides is 2. The first-order chi connectivity index (χ1) is 10.9. The lowest BCUT2D eigenvalue weighted by atomic mass is 9.62. The molecule has 0 atom stereocenters. The van der Waals surface area contributed by atoms with Crippen LogP contribution < -0.4 is 0 Å². The van der Waals surface area contributed by atoms with Gasteiger partial charge in [-0.3, -0.25) is 14.5 Å². The molecular formula is C21H31NO2. The molecule has 0 aromatic rings.